The molecule has 0 fully saturated rings. The molecule has 0 aliphatic carbocycles. The van der Waals surface area contributed by atoms with E-state index < -0.39 is 11.0 Å². The number of nitrogens with one attached hydrogen (secondary N) is 2. The van der Waals surface area contributed by atoms with Gasteiger partial charge < -0.3 is 15.5 Å². The van der Waals surface area contributed by atoms with Crippen molar-refractivity contribution in [2.75, 3.05) is 18.4 Å². The number of aryl methyl sites for hydroxylation is 1. The van der Waals surface area contributed by atoms with Crippen molar-refractivity contribution in [1.82, 2.24) is 0 Å². The number of nitrogens with zero attached hydrogens (tertiary/aromatic N) is 1. The number of carbonyl (C=O) groups is 1. The Balaban J connectivity index is 2.20. The first kappa shape index (κ1) is 23.5. The van der Waals surface area contributed by atoms with Gasteiger partial charge in [-0.2, -0.15) is 0 Å². The number of anilines is 1. The molecule has 2 aromatic rings. The van der Waals surface area contributed by atoms with Crippen LogP contribution in [0.2, 0.25) is 0 Å². The molecular weight excluding hydrogens is 380 g/mol. The molecule has 1 amide bonds. The molecule has 0 saturated heterocycles. The van der Waals surface area contributed by atoms with Gasteiger partial charge in [-0.1, -0.05) is 36.4 Å². The first-order valence-corrected chi connectivity index (χ1v) is 10.5. The van der Waals surface area contributed by atoms with Gasteiger partial charge in [-0.05, 0) is 46.2 Å². The number of hydrogen-bond donors (Lipinski definition) is 3. The summed E-state index contributed by atoms with van der Waals surface area (Å²) in [5.41, 5.74) is 1.78. The summed E-state index contributed by atoms with van der Waals surface area (Å²) in [6.07, 6.45) is 0. The van der Waals surface area contributed by atoms with Gasteiger partial charge in [0.05, 0.1) is 17.0 Å². The minimum Gasteiger partial charge on any atom is -0.328 e. The zero-order valence-corrected chi connectivity index (χ0v) is 18.5. The largest absolute Gasteiger partial charge is 0.328 e. The van der Waals surface area contributed by atoms with Gasteiger partial charge in [0.15, 0.2) is 6.04 Å². The minimum absolute atomic E-state index is 0.0922. The minimum atomic E-state index is -0.479. The summed E-state index contributed by atoms with van der Waals surface area (Å²) >= 11 is 0. The van der Waals surface area contributed by atoms with Crippen LogP contribution in [0.1, 0.15) is 44.9 Å². The maximum absolute atomic E-state index is 13.1. The smallest absolute Gasteiger partial charge is 0.293 e. The van der Waals surface area contributed by atoms with Crippen LogP contribution < -0.4 is 15.5 Å². The van der Waals surface area contributed by atoms with Crippen LogP contribution in [0.15, 0.2) is 48.5 Å². The molecule has 0 bridgehead atoms. The molecular formula is C23H34N4O3+2. The highest BCUT2D eigenvalue weighted by molar-refractivity contribution is 5.96. The van der Waals surface area contributed by atoms with E-state index in [-0.39, 0.29) is 17.3 Å². The number of quaternary nitrogens is 2. The van der Waals surface area contributed by atoms with Gasteiger partial charge in [-0.25, -0.2) is 0 Å². The van der Waals surface area contributed by atoms with E-state index in [1.54, 1.807) is 19.1 Å². The topological polar surface area (TPSA) is 93.3 Å². The summed E-state index contributed by atoms with van der Waals surface area (Å²) in [6, 6.07) is 14.9. The second kappa shape index (κ2) is 10.8. The quantitative estimate of drug-likeness (QED) is 0.409. The van der Waals surface area contributed by atoms with Gasteiger partial charge in [0.2, 0.25) is 0 Å². The van der Waals surface area contributed by atoms with Crippen LogP contribution in [0.3, 0.4) is 0 Å². The second-order valence-electron chi connectivity index (χ2n) is 8.31. The predicted molar refractivity (Wildman–Crippen MR) is 119 cm³/mol. The zero-order valence-electron chi connectivity index (χ0n) is 18.5. The first-order valence-electron chi connectivity index (χ1n) is 10.5. The average Bonchev–Trinajstić information content (AvgIpc) is 2.69. The van der Waals surface area contributed by atoms with Gasteiger partial charge >= 0.3 is 0 Å². The van der Waals surface area contributed by atoms with Crippen LogP contribution in [0.5, 0.6) is 0 Å². The van der Waals surface area contributed by atoms with Crippen LogP contribution in [-0.2, 0) is 4.79 Å². The van der Waals surface area contributed by atoms with Crippen molar-refractivity contribution in [1.29, 1.82) is 0 Å². The first-order chi connectivity index (χ1) is 14.2. The number of nitro benzene ring substituents is 1. The Bertz CT molecular complexity index is 845. The number of nitro groups is 1. The third kappa shape index (κ3) is 6.37. The fourth-order valence-electron chi connectivity index (χ4n) is 3.82. The summed E-state index contributed by atoms with van der Waals surface area (Å²) in [6.45, 7) is 12.3. The molecule has 0 saturated carbocycles. The van der Waals surface area contributed by atoms with Crippen molar-refractivity contribution < 1.29 is 19.9 Å². The molecule has 2 rings (SSSR count). The fraction of sp³-hybridized carbons (Fsp3) is 0.435. The highest BCUT2D eigenvalue weighted by atomic mass is 16.6. The van der Waals surface area contributed by atoms with Gasteiger partial charge in [0.25, 0.3) is 11.6 Å². The Morgan fingerprint density at radius 2 is 1.73 bits per heavy atom. The maximum Gasteiger partial charge on any atom is 0.293 e. The van der Waals surface area contributed by atoms with Crippen molar-refractivity contribution in [2.45, 2.75) is 52.7 Å². The molecule has 0 aliphatic heterocycles. The summed E-state index contributed by atoms with van der Waals surface area (Å²) < 4.78 is 0. The number of carbonyl (C=O) groups excluding carboxylic acids is 1. The number of amides is 1. The van der Waals surface area contributed by atoms with Gasteiger partial charge in [0.1, 0.15) is 18.8 Å². The fourth-order valence-corrected chi connectivity index (χ4v) is 3.82. The average molecular weight is 415 g/mol. The molecule has 1 atom stereocenters. The Hall–Kier alpha value is -2.77. The Labute approximate surface area is 178 Å². The van der Waals surface area contributed by atoms with Crippen LogP contribution in [0.25, 0.3) is 0 Å². The third-order valence-electron chi connectivity index (χ3n) is 5.37. The molecule has 30 heavy (non-hydrogen) atoms. The Kier molecular flexibility index (Phi) is 8.50. The highest BCUT2D eigenvalue weighted by Gasteiger charge is 2.27. The Morgan fingerprint density at radius 3 is 2.30 bits per heavy atom. The lowest BCUT2D eigenvalue weighted by atomic mass is 10.1. The van der Waals surface area contributed by atoms with E-state index in [4.69, 9.17) is 0 Å². The summed E-state index contributed by atoms with van der Waals surface area (Å²) in [7, 11) is 0. The Morgan fingerprint density at radius 1 is 1.10 bits per heavy atom. The van der Waals surface area contributed by atoms with E-state index in [9.17, 15) is 14.9 Å². The van der Waals surface area contributed by atoms with Crippen molar-refractivity contribution in [3.63, 3.8) is 0 Å². The van der Waals surface area contributed by atoms with Crippen LogP contribution >= 0.6 is 0 Å². The van der Waals surface area contributed by atoms with Crippen molar-refractivity contribution in [3.05, 3.63) is 69.8 Å². The molecule has 7 nitrogen and oxygen atoms in total. The van der Waals surface area contributed by atoms with E-state index in [1.165, 1.54) is 11.0 Å². The van der Waals surface area contributed by atoms with Gasteiger partial charge in [-0.15, -0.1) is 0 Å². The van der Waals surface area contributed by atoms with E-state index >= 15 is 0 Å². The molecule has 0 heterocycles. The molecule has 7 heteroatoms. The number of rotatable bonds is 10. The number of benzene rings is 2. The van der Waals surface area contributed by atoms with Crippen molar-refractivity contribution in [2.24, 2.45) is 0 Å². The molecule has 0 spiro atoms. The molecule has 0 unspecified atom stereocenters. The standard InChI is InChI=1S/C23H32N4O3/c1-16(2)26(17(3)4)14-13-24-22(19-9-7-6-8-10-19)23(28)25-20-12-11-18(5)15-21(20)27(29)30/h6-12,15-17,22,24H,13-14H2,1-5H3,(H,25,28)/p+2/t22-/m0/s1. The zero-order chi connectivity index (χ0) is 22.3. The van der Waals surface area contributed by atoms with Gasteiger partial charge in [-0.3, -0.25) is 14.9 Å². The molecule has 4 N–H and O–H groups in total. The van der Waals surface area contributed by atoms with Gasteiger partial charge in [0, 0.05) is 11.6 Å². The summed E-state index contributed by atoms with van der Waals surface area (Å²) in [4.78, 5) is 25.6. The molecule has 0 radical (unpaired) electrons. The van der Waals surface area contributed by atoms with Crippen LogP contribution in [0, 0.1) is 17.0 Å². The van der Waals surface area contributed by atoms with Crippen molar-refractivity contribution in [3.8, 4) is 0 Å². The predicted octanol–water partition coefficient (Wildman–Crippen LogP) is 1.85. The van der Waals surface area contributed by atoms with E-state index in [2.05, 4.69) is 33.0 Å². The summed E-state index contributed by atoms with van der Waals surface area (Å²) in [5, 5.41) is 16.2. The lowest BCUT2D eigenvalue weighted by Gasteiger charge is -2.27. The van der Waals surface area contributed by atoms with E-state index in [1.807, 2.05) is 35.6 Å². The molecule has 0 aliphatic rings. The maximum atomic E-state index is 13.1. The van der Waals surface area contributed by atoms with E-state index in [0.717, 1.165) is 24.2 Å². The van der Waals surface area contributed by atoms with Crippen LogP contribution in [0.4, 0.5) is 11.4 Å². The normalized spacial score (nSPS) is 12.4. The molecule has 162 valence electrons. The third-order valence-corrected chi connectivity index (χ3v) is 5.37. The van der Waals surface area contributed by atoms with Crippen molar-refractivity contribution >= 4 is 17.3 Å². The second-order valence-corrected chi connectivity index (χ2v) is 8.31. The number of hydrogen-bond acceptors (Lipinski definition) is 3. The molecule has 0 aromatic heterocycles. The number of nitrogens with two attached hydrogens (primary N) is 1. The summed E-state index contributed by atoms with van der Waals surface area (Å²) in [5.74, 6) is -0.260. The lowest BCUT2D eigenvalue weighted by Crippen LogP contribution is -3.19. The SMILES string of the molecule is Cc1ccc(NC(=O)[C@@H]([NH2+]CC[NH+](C(C)C)C(C)C)c2ccccc2)c([N+](=O)[O-])c1. The lowest BCUT2D eigenvalue weighted by molar-refractivity contribution is -0.952. The highest BCUT2D eigenvalue weighted by Crippen LogP contribution is 2.26. The monoisotopic (exact) mass is 414 g/mol. The van der Waals surface area contributed by atoms with Crippen LogP contribution in [-0.4, -0.2) is 36.0 Å². The van der Waals surface area contributed by atoms with E-state index in [0.29, 0.717) is 12.1 Å². The molecule has 2 aromatic carbocycles.